The van der Waals surface area contributed by atoms with E-state index in [1.165, 1.54) is 31.4 Å². The highest BCUT2D eigenvalue weighted by molar-refractivity contribution is 5.10. The second kappa shape index (κ2) is 3.50. The minimum Gasteiger partial charge on any atom is -0.344 e. The van der Waals surface area contributed by atoms with Crippen molar-refractivity contribution in [2.45, 2.75) is 44.6 Å². The topological polar surface area (TPSA) is 54.7 Å². The van der Waals surface area contributed by atoms with Crippen molar-refractivity contribution in [2.24, 2.45) is 5.73 Å². The van der Waals surface area contributed by atoms with Crippen molar-refractivity contribution in [3.63, 3.8) is 0 Å². The van der Waals surface area contributed by atoms with Crippen LogP contribution in [0.15, 0.2) is 6.20 Å². The summed E-state index contributed by atoms with van der Waals surface area (Å²) in [7, 11) is 0. The standard InChI is InChI=1S/C10H17N3/c1-7(11)10-12-6-9(13-10)8-4-2-3-5-8/h6-8H,2-5,11H2,1H3,(H,12,13). The van der Waals surface area contributed by atoms with Crippen LogP contribution in [-0.4, -0.2) is 9.97 Å². The van der Waals surface area contributed by atoms with Gasteiger partial charge in [0.15, 0.2) is 0 Å². The molecule has 3 N–H and O–H groups in total. The molecule has 3 nitrogen and oxygen atoms in total. The molecule has 13 heavy (non-hydrogen) atoms. The van der Waals surface area contributed by atoms with E-state index in [1.807, 2.05) is 13.1 Å². The lowest BCUT2D eigenvalue weighted by Crippen LogP contribution is -2.07. The number of aromatic amines is 1. The summed E-state index contributed by atoms with van der Waals surface area (Å²) >= 11 is 0. The maximum atomic E-state index is 5.73. The van der Waals surface area contributed by atoms with E-state index in [-0.39, 0.29) is 6.04 Å². The van der Waals surface area contributed by atoms with Crippen LogP contribution in [0.3, 0.4) is 0 Å². The smallest absolute Gasteiger partial charge is 0.122 e. The lowest BCUT2D eigenvalue weighted by molar-refractivity contribution is 0.689. The van der Waals surface area contributed by atoms with Crippen molar-refractivity contribution in [2.75, 3.05) is 0 Å². The maximum Gasteiger partial charge on any atom is 0.122 e. The predicted molar refractivity (Wildman–Crippen MR) is 52.4 cm³/mol. The minimum atomic E-state index is 0.0233. The van der Waals surface area contributed by atoms with Crippen LogP contribution in [-0.2, 0) is 0 Å². The summed E-state index contributed by atoms with van der Waals surface area (Å²) in [6.07, 6.45) is 7.28. The zero-order chi connectivity index (χ0) is 9.26. The van der Waals surface area contributed by atoms with Crippen molar-refractivity contribution in [1.82, 2.24) is 9.97 Å². The van der Waals surface area contributed by atoms with Gasteiger partial charge in [0.1, 0.15) is 5.82 Å². The van der Waals surface area contributed by atoms with E-state index < -0.39 is 0 Å². The first-order valence-electron chi connectivity index (χ1n) is 5.08. The van der Waals surface area contributed by atoms with Gasteiger partial charge < -0.3 is 10.7 Å². The Morgan fingerprint density at radius 3 is 2.77 bits per heavy atom. The Morgan fingerprint density at radius 2 is 2.23 bits per heavy atom. The fourth-order valence-electron chi connectivity index (χ4n) is 2.03. The SMILES string of the molecule is CC(N)c1ncc(C2CCCC2)[nH]1. The van der Waals surface area contributed by atoms with Crippen LogP contribution < -0.4 is 5.73 Å². The molecule has 1 unspecified atom stereocenters. The van der Waals surface area contributed by atoms with Gasteiger partial charge in [0.2, 0.25) is 0 Å². The van der Waals surface area contributed by atoms with Gasteiger partial charge in [-0.15, -0.1) is 0 Å². The first-order chi connectivity index (χ1) is 6.27. The Kier molecular flexibility index (Phi) is 2.36. The fraction of sp³-hybridized carbons (Fsp3) is 0.700. The first-order valence-corrected chi connectivity index (χ1v) is 5.08. The molecule has 0 aromatic carbocycles. The molecule has 1 aliphatic carbocycles. The molecule has 0 saturated heterocycles. The average molecular weight is 179 g/mol. The van der Waals surface area contributed by atoms with Gasteiger partial charge in [-0.1, -0.05) is 12.8 Å². The number of hydrogen-bond acceptors (Lipinski definition) is 2. The summed E-state index contributed by atoms with van der Waals surface area (Å²) in [5.74, 6) is 1.63. The van der Waals surface area contributed by atoms with Crippen LogP contribution in [0.4, 0.5) is 0 Å². The molecule has 0 spiro atoms. The highest BCUT2D eigenvalue weighted by Crippen LogP contribution is 2.33. The summed E-state index contributed by atoms with van der Waals surface area (Å²) < 4.78 is 0. The zero-order valence-electron chi connectivity index (χ0n) is 8.09. The van der Waals surface area contributed by atoms with Gasteiger partial charge >= 0.3 is 0 Å². The van der Waals surface area contributed by atoms with Crippen LogP contribution >= 0.6 is 0 Å². The third-order valence-corrected chi connectivity index (χ3v) is 2.84. The molecule has 1 aliphatic rings. The third-order valence-electron chi connectivity index (χ3n) is 2.84. The quantitative estimate of drug-likeness (QED) is 0.730. The number of nitrogens with two attached hydrogens (primary N) is 1. The second-order valence-electron chi connectivity index (χ2n) is 3.99. The zero-order valence-corrected chi connectivity index (χ0v) is 8.09. The molecular weight excluding hydrogens is 162 g/mol. The van der Waals surface area contributed by atoms with Crippen molar-refractivity contribution < 1.29 is 0 Å². The van der Waals surface area contributed by atoms with Crippen LogP contribution in [0, 0.1) is 0 Å². The van der Waals surface area contributed by atoms with E-state index in [1.54, 1.807) is 0 Å². The maximum absolute atomic E-state index is 5.73. The fourth-order valence-corrected chi connectivity index (χ4v) is 2.03. The number of rotatable bonds is 2. The number of H-pyrrole nitrogens is 1. The number of imidazole rings is 1. The molecule has 1 fully saturated rings. The molecule has 1 saturated carbocycles. The van der Waals surface area contributed by atoms with Crippen LogP contribution in [0.25, 0.3) is 0 Å². The molecule has 3 heteroatoms. The van der Waals surface area contributed by atoms with E-state index in [4.69, 9.17) is 5.73 Å². The van der Waals surface area contributed by atoms with Gasteiger partial charge in [-0.05, 0) is 19.8 Å². The van der Waals surface area contributed by atoms with Gasteiger partial charge in [0.25, 0.3) is 0 Å². The van der Waals surface area contributed by atoms with Crippen molar-refractivity contribution in [1.29, 1.82) is 0 Å². The average Bonchev–Trinajstić information content (AvgIpc) is 2.75. The van der Waals surface area contributed by atoms with Crippen LogP contribution in [0.2, 0.25) is 0 Å². The molecular formula is C10H17N3. The molecule has 2 rings (SSSR count). The minimum absolute atomic E-state index is 0.0233. The molecule has 0 aliphatic heterocycles. The summed E-state index contributed by atoms with van der Waals surface area (Å²) in [4.78, 5) is 7.60. The molecule has 0 bridgehead atoms. The van der Waals surface area contributed by atoms with E-state index in [9.17, 15) is 0 Å². The summed E-state index contributed by atoms with van der Waals surface area (Å²) in [6, 6.07) is 0.0233. The van der Waals surface area contributed by atoms with Crippen LogP contribution in [0.5, 0.6) is 0 Å². The Bertz CT molecular complexity index is 271. The van der Waals surface area contributed by atoms with E-state index in [0.717, 1.165) is 5.82 Å². The Balaban J connectivity index is 2.12. The normalized spacial score (nSPS) is 20.8. The number of nitrogens with zero attached hydrogens (tertiary/aromatic N) is 1. The number of aromatic nitrogens is 2. The summed E-state index contributed by atoms with van der Waals surface area (Å²) in [5.41, 5.74) is 7.01. The van der Waals surface area contributed by atoms with Gasteiger partial charge in [-0.3, -0.25) is 0 Å². The van der Waals surface area contributed by atoms with Gasteiger partial charge in [-0.25, -0.2) is 4.98 Å². The molecule has 0 radical (unpaired) electrons. The summed E-state index contributed by atoms with van der Waals surface area (Å²) in [5, 5.41) is 0. The molecule has 1 atom stereocenters. The molecule has 1 aromatic rings. The Labute approximate surface area is 78.7 Å². The van der Waals surface area contributed by atoms with Crippen LogP contribution in [0.1, 0.15) is 56.1 Å². The molecule has 0 amide bonds. The second-order valence-corrected chi connectivity index (χ2v) is 3.99. The van der Waals surface area contributed by atoms with Crippen molar-refractivity contribution >= 4 is 0 Å². The number of hydrogen-bond donors (Lipinski definition) is 2. The van der Waals surface area contributed by atoms with Gasteiger partial charge in [-0.2, -0.15) is 0 Å². The van der Waals surface area contributed by atoms with E-state index in [2.05, 4.69) is 9.97 Å². The Morgan fingerprint density at radius 1 is 1.54 bits per heavy atom. The van der Waals surface area contributed by atoms with Crippen molar-refractivity contribution in [3.05, 3.63) is 17.7 Å². The third kappa shape index (κ3) is 1.75. The highest BCUT2D eigenvalue weighted by atomic mass is 15.0. The van der Waals surface area contributed by atoms with Crippen molar-refractivity contribution in [3.8, 4) is 0 Å². The summed E-state index contributed by atoms with van der Waals surface area (Å²) in [6.45, 7) is 1.96. The number of nitrogens with one attached hydrogen (secondary N) is 1. The van der Waals surface area contributed by atoms with Gasteiger partial charge in [0, 0.05) is 17.8 Å². The van der Waals surface area contributed by atoms with E-state index in [0.29, 0.717) is 5.92 Å². The predicted octanol–water partition coefficient (Wildman–Crippen LogP) is 2.09. The highest BCUT2D eigenvalue weighted by Gasteiger charge is 2.19. The molecule has 72 valence electrons. The lowest BCUT2D eigenvalue weighted by Gasteiger charge is -2.05. The lowest BCUT2D eigenvalue weighted by atomic mass is 10.1. The molecule has 1 aromatic heterocycles. The molecule has 1 heterocycles. The Hall–Kier alpha value is -0.830. The van der Waals surface area contributed by atoms with Gasteiger partial charge in [0.05, 0.1) is 6.04 Å². The largest absolute Gasteiger partial charge is 0.344 e. The first kappa shape index (κ1) is 8.75. The monoisotopic (exact) mass is 179 g/mol. The van der Waals surface area contributed by atoms with E-state index >= 15 is 0 Å².